The van der Waals surface area contributed by atoms with Crippen LogP contribution in [0, 0.1) is 0 Å². The minimum Gasteiger partial charge on any atom is -0.493 e. The van der Waals surface area contributed by atoms with Crippen molar-refractivity contribution in [3.05, 3.63) is 49.6 Å². The molecule has 170 valence electrons. The van der Waals surface area contributed by atoms with Gasteiger partial charge in [0.2, 0.25) is 0 Å². The molecule has 0 spiro atoms. The molecule has 30 heavy (non-hydrogen) atoms. The molecule has 0 saturated carbocycles. The van der Waals surface area contributed by atoms with Gasteiger partial charge < -0.3 is 9.47 Å². The first-order chi connectivity index (χ1) is 14.9. The van der Waals surface area contributed by atoms with E-state index in [4.69, 9.17) is 9.47 Å². The second kappa shape index (κ2) is 20.6. The highest BCUT2D eigenvalue weighted by Gasteiger charge is 1.99. The normalized spacial score (nSPS) is 10.7. The van der Waals surface area contributed by atoms with Crippen molar-refractivity contribution >= 4 is 0 Å². The highest BCUT2D eigenvalue weighted by Crippen LogP contribution is 2.20. The second-order valence-electron chi connectivity index (χ2n) is 8.28. The van der Waals surface area contributed by atoms with Crippen LogP contribution in [0.25, 0.3) is 0 Å². The van der Waals surface area contributed by atoms with Crippen molar-refractivity contribution in [1.82, 2.24) is 0 Å². The Morgan fingerprint density at radius 3 is 1.30 bits per heavy atom. The molecule has 0 N–H and O–H groups in total. The molecule has 0 fully saturated rings. The average molecular weight is 415 g/mol. The van der Waals surface area contributed by atoms with Crippen LogP contribution in [0.1, 0.15) is 103 Å². The summed E-state index contributed by atoms with van der Waals surface area (Å²) in [4.78, 5) is 0. The Morgan fingerprint density at radius 2 is 0.900 bits per heavy atom. The Kier molecular flexibility index (Phi) is 18.1. The highest BCUT2D eigenvalue weighted by molar-refractivity contribution is 5.32. The first-order valence-corrected chi connectivity index (χ1v) is 12.4. The SMILES string of the molecule is C=CCCCCCCCCCOc1cccc(OCCCCCCCCCC=C)c1. The van der Waals surface area contributed by atoms with Gasteiger partial charge in [0.1, 0.15) is 11.5 Å². The number of rotatable bonds is 22. The third-order valence-corrected chi connectivity index (χ3v) is 5.45. The number of hydrogen-bond acceptors (Lipinski definition) is 2. The Labute approximate surface area is 186 Å². The van der Waals surface area contributed by atoms with Gasteiger partial charge in [-0.2, -0.15) is 0 Å². The molecule has 1 aromatic rings. The summed E-state index contributed by atoms with van der Waals surface area (Å²) >= 11 is 0. The van der Waals surface area contributed by atoms with Crippen molar-refractivity contribution in [2.24, 2.45) is 0 Å². The van der Waals surface area contributed by atoms with E-state index >= 15 is 0 Å². The van der Waals surface area contributed by atoms with E-state index in [1.807, 2.05) is 36.4 Å². The third-order valence-electron chi connectivity index (χ3n) is 5.45. The largest absolute Gasteiger partial charge is 0.493 e. The third kappa shape index (κ3) is 16.1. The fourth-order valence-electron chi connectivity index (χ4n) is 3.58. The number of benzene rings is 1. The number of unbranched alkanes of at least 4 members (excludes halogenated alkanes) is 14. The van der Waals surface area contributed by atoms with Crippen molar-refractivity contribution in [3.8, 4) is 11.5 Å². The Balaban J connectivity index is 1.98. The van der Waals surface area contributed by atoms with Gasteiger partial charge in [-0.1, -0.05) is 82.4 Å². The van der Waals surface area contributed by atoms with Crippen LogP contribution >= 0.6 is 0 Å². The van der Waals surface area contributed by atoms with Gasteiger partial charge >= 0.3 is 0 Å². The summed E-state index contributed by atoms with van der Waals surface area (Å²) in [5, 5.41) is 0. The maximum absolute atomic E-state index is 5.91. The monoisotopic (exact) mass is 414 g/mol. The van der Waals surface area contributed by atoms with E-state index < -0.39 is 0 Å². The zero-order valence-electron chi connectivity index (χ0n) is 19.4. The lowest BCUT2D eigenvalue weighted by Gasteiger charge is -2.10. The Bertz CT molecular complexity index is 480. The van der Waals surface area contributed by atoms with E-state index in [1.165, 1.54) is 77.0 Å². The molecule has 0 amide bonds. The molecule has 2 nitrogen and oxygen atoms in total. The van der Waals surface area contributed by atoms with Crippen molar-refractivity contribution in [2.45, 2.75) is 103 Å². The smallest absolute Gasteiger partial charge is 0.122 e. The van der Waals surface area contributed by atoms with Gasteiger partial charge in [0.05, 0.1) is 13.2 Å². The van der Waals surface area contributed by atoms with Crippen LogP contribution in [0.15, 0.2) is 49.6 Å². The predicted molar refractivity (Wildman–Crippen MR) is 132 cm³/mol. The van der Waals surface area contributed by atoms with Gasteiger partial charge in [-0.3, -0.25) is 0 Å². The zero-order chi connectivity index (χ0) is 21.5. The summed E-state index contributed by atoms with van der Waals surface area (Å²) in [5.74, 6) is 1.85. The fraction of sp³-hybridized carbons (Fsp3) is 0.643. The Morgan fingerprint density at radius 1 is 0.533 bits per heavy atom. The van der Waals surface area contributed by atoms with E-state index in [-0.39, 0.29) is 0 Å². The molecule has 0 aliphatic rings. The molecule has 0 aromatic heterocycles. The van der Waals surface area contributed by atoms with Crippen LogP contribution in [0.4, 0.5) is 0 Å². The van der Waals surface area contributed by atoms with Crippen LogP contribution in [-0.4, -0.2) is 13.2 Å². The molecule has 1 rings (SSSR count). The van der Waals surface area contributed by atoms with Gasteiger partial charge in [0.25, 0.3) is 0 Å². The van der Waals surface area contributed by atoms with Crippen LogP contribution < -0.4 is 9.47 Å². The van der Waals surface area contributed by atoms with Crippen LogP contribution in [0.3, 0.4) is 0 Å². The zero-order valence-corrected chi connectivity index (χ0v) is 19.4. The molecule has 0 heterocycles. The minimum atomic E-state index is 0.798. The lowest BCUT2D eigenvalue weighted by molar-refractivity contribution is 0.289. The molecule has 0 saturated heterocycles. The molecular weight excluding hydrogens is 368 g/mol. The minimum absolute atomic E-state index is 0.798. The van der Waals surface area contributed by atoms with Crippen LogP contribution in [0.5, 0.6) is 11.5 Å². The number of ether oxygens (including phenoxy) is 2. The summed E-state index contributed by atoms with van der Waals surface area (Å²) in [5.41, 5.74) is 0. The number of allylic oxidation sites excluding steroid dienone is 2. The van der Waals surface area contributed by atoms with Crippen molar-refractivity contribution in [2.75, 3.05) is 13.2 Å². The predicted octanol–water partition coefficient (Wildman–Crippen LogP) is 9.06. The molecule has 1 aromatic carbocycles. The first-order valence-electron chi connectivity index (χ1n) is 12.4. The van der Waals surface area contributed by atoms with Gasteiger partial charge in [-0.25, -0.2) is 0 Å². The van der Waals surface area contributed by atoms with E-state index in [0.29, 0.717) is 0 Å². The summed E-state index contributed by atoms with van der Waals surface area (Å²) in [6.45, 7) is 9.14. The Hall–Kier alpha value is -1.70. The van der Waals surface area contributed by atoms with Crippen LogP contribution in [-0.2, 0) is 0 Å². The maximum Gasteiger partial charge on any atom is 0.122 e. The molecule has 0 aliphatic heterocycles. The molecule has 0 unspecified atom stereocenters. The van der Waals surface area contributed by atoms with Crippen molar-refractivity contribution < 1.29 is 9.47 Å². The van der Waals surface area contributed by atoms with E-state index in [1.54, 1.807) is 0 Å². The van der Waals surface area contributed by atoms with Crippen molar-refractivity contribution in [3.63, 3.8) is 0 Å². The van der Waals surface area contributed by atoms with Gasteiger partial charge in [0.15, 0.2) is 0 Å². The quantitative estimate of drug-likeness (QED) is 0.139. The summed E-state index contributed by atoms with van der Waals surface area (Å²) in [6.07, 6.45) is 24.4. The second-order valence-corrected chi connectivity index (χ2v) is 8.28. The van der Waals surface area contributed by atoms with E-state index in [9.17, 15) is 0 Å². The average Bonchev–Trinajstić information content (AvgIpc) is 2.76. The number of hydrogen-bond donors (Lipinski definition) is 0. The summed E-state index contributed by atoms with van der Waals surface area (Å²) < 4.78 is 11.8. The summed E-state index contributed by atoms with van der Waals surface area (Å²) in [7, 11) is 0. The fourth-order valence-corrected chi connectivity index (χ4v) is 3.58. The summed E-state index contributed by atoms with van der Waals surface area (Å²) in [6, 6.07) is 8.11. The maximum atomic E-state index is 5.91. The lowest BCUT2D eigenvalue weighted by Crippen LogP contribution is -2.00. The van der Waals surface area contributed by atoms with Gasteiger partial charge in [0, 0.05) is 6.07 Å². The lowest BCUT2D eigenvalue weighted by atomic mass is 10.1. The van der Waals surface area contributed by atoms with E-state index in [2.05, 4.69) is 13.2 Å². The molecule has 0 radical (unpaired) electrons. The molecule has 0 atom stereocenters. The molecule has 0 aliphatic carbocycles. The van der Waals surface area contributed by atoms with Gasteiger partial charge in [-0.05, 0) is 50.7 Å². The van der Waals surface area contributed by atoms with Crippen molar-refractivity contribution in [1.29, 1.82) is 0 Å². The molecular formula is C28H46O2. The van der Waals surface area contributed by atoms with E-state index in [0.717, 1.165) is 50.4 Å². The van der Waals surface area contributed by atoms with Crippen LogP contribution in [0.2, 0.25) is 0 Å². The van der Waals surface area contributed by atoms with Gasteiger partial charge in [-0.15, -0.1) is 13.2 Å². The molecule has 0 bridgehead atoms. The standard InChI is InChI=1S/C28H46O2/c1-3-5-7-9-11-13-15-17-19-24-29-27-22-21-23-28(26-27)30-25-20-18-16-14-12-10-8-6-4-2/h3-4,21-23,26H,1-2,5-20,24-25H2. The first kappa shape index (κ1) is 26.3. The molecule has 2 heteroatoms. The highest BCUT2D eigenvalue weighted by atomic mass is 16.5. The topological polar surface area (TPSA) is 18.5 Å².